The molecule has 0 heterocycles. The number of hydrogen-bond acceptors (Lipinski definition) is 6. The number of nitrogens with one attached hydrogen (secondary N) is 2. The number of carbonyl (C=O) groups is 3. The number of benzene rings is 1. The molecule has 0 unspecified atom stereocenters. The van der Waals surface area contributed by atoms with Gasteiger partial charge in [-0.3, -0.25) is 10.1 Å². The quantitative estimate of drug-likeness (QED) is 0.441. The molecule has 8 heteroatoms. The van der Waals surface area contributed by atoms with Crippen molar-refractivity contribution in [1.82, 2.24) is 10.6 Å². The van der Waals surface area contributed by atoms with Crippen molar-refractivity contribution in [2.24, 2.45) is 0 Å². The minimum Gasteiger partial charge on any atom is -0.497 e. The topological polar surface area (TPSA) is 118 Å². The minimum atomic E-state index is -1.23. The van der Waals surface area contributed by atoms with E-state index >= 15 is 0 Å². The van der Waals surface area contributed by atoms with Crippen LogP contribution in [0.1, 0.15) is 38.2 Å². The molecule has 8 nitrogen and oxygen atoms in total. The van der Waals surface area contributed by atoms with Crippen LogP contribution in [0.25, 0.3) is 6.08 Å². The Morgan fingerprint density at radius 2 is 2.00 bits per heavy atom. The van der Waals surface area contributed by atoms with Gasteiger partial charge in [-0.05, 0) is 43.5 Å². The molecule has 1 saturated carbocycles. The second kappa shape index (κ2) is 10.1. The molecule has 0 saturated heterocycles. The van der Waals surface area contributed by atoms with Gasteiger partial charge >= 0.3 is 12.0 Å². The summed E-state index contributed by atoms with van der Waals surface area (Å²) >= 11 is 0. The van der Waals surface area contributed by atoms with Crippen LogP contribution in [0.2, 0.25) is 0 Å². The molecule has 0 aromatic heterocycles. The Hall–Kier alpha value is -3.34. The number of ether oxygens (including phenoxy) is 2. The lowest BCUT2D eigenvalue weighted by atomic mass is 10.1. The molecule has 2 N–H and O–H groups in total. The van der Waals surface area contributed by atoms with Crippen molar-refractivity contribution in [2.45, 2.75) is 44.8 Å². The molecule has 1 aliphatic carbocycles. The van der Waals surface area contributed by atoms with E-state index in [0.717, 1.165) is 25.7 Å². The monoisotopic (exact) mass is 385 g/mol. The number of carbonyl (C=O) groups excluding carboxylic acids is 3. The highest BCUT2D eigenvalue weighted by Gasteiger charge is 2.24. The lowest BCUT2D eigenvalue weighted by Crippen LogP contribution is -2.47. The molecule has 0 spiro atoms. The minimum absolute atomic E-state index is 0.0571. The zero-order chi connectivity index (χ0) is 20.5. The Morgan fingerprint density at radius 1 is 1.29 bits per heavy atom. The van der Waals surface area contributed by atoms with Gasteiger partial charge in [0.05, 0.1) is 7.11 Å². The summed E-state index contributed by atoms with van der Waals surface area (Å²) in [5.74, 6) is -1.15. The number of urea groups is 1. The van der Waals surface area contributed by atoms with Crippen LogP contribution in [-0.4, -0.2) is 37.2 Å². The van der Waals surface area contributed by atoms with Gasteiger partial charge in [0, 0.05) is 6.04 Å². The Kier molecular flexibility index (Phi) is 7.57. The number of amides is 3. The number of esters is 1. The predicted molar refractivity (Wildman–Crippen MR) is 101 cm³/mol. The van der Waals surface area contributed by atoms with Crippen molar-refractivity contribution >= 4 is 24.0 Å². The van der Waals surface area contributed by atoms with Gasteiger partial charge in [-0.2, -0.15) is 5.26 Å². The van der Waals surface area contributed by atoms with Gasteiger partial charge in [-0.25, -0.2) is 9.59 Å². The highest BCUT2D eigenvalue weighted by atomic mass is 16.5. The maximum absolute atomic E-state index is 12.2. The summed E-state index contributed by atoms with van der Waals surface area (Å²) in [6, 6.07) is 7.97. The van der Waals surface area contributed by atoms with Crippen molar-refractivity contribution in [1.29, 1.82) is 5.26 Å². The number of rotatable bonds is 6. The van der Waals surface area contributed by atoms with Crippen LogP contribution >= 0.6 is 0 Å². The number of nitrogens with zero attached hydrogens (tertiary/aromatic N) is 1. The summed E-state index contributed by atoms with van der Waals surface area (Å²) in [4.78, 5) is 36.1. The second-order valence-corrected chi connectivity index (χ2v) is 6.44. The molecule has 1 aromatic carbocycles. The maximum Gasteiger partial charge on any atom is 0.349 e. The van der Waals surface area contributed by atoms with E-state index in [-0.39, 0.29) is 11.6 Å². The first-order valence-corrected chi connectivity index (χ1v) is 9.01. The highest BCUT2D eigenvalue weighted by Crippen LogP contribution is 2.17. The average molecular weight is 385 g/mol. The average Bonchev–Trinajstić information content (AvgIpc) is 3.18. The molecule has 1 aromatic rings. The molecule has 148 valence electrons. The molecule has 1 aliphatic rings. The van der Waals surface area contributed by atoms with E-state index < -0.39 is 24.0 Å². The smallest absolute Gasteiger partial charge is 0.349 e. The van der Waals surface area contributed by atoms with E-state index in [1.807, 2.05) is 0 Å². The maximum atomic E-state index is 12.2. The summed E-state index contributed by atoms with van der Waals surface area (Å²) in [5.41, 5.74) is 0.296. The summed E-state index contributed by atoms with van der Waals surface area (Å²) < 4.78 is 10.1. The third kappa shape index (κ3) is 6.13. The molecule has 0 bridgehead atoms. The fourth-order valence-electron chi connectivity index (χ4n) is 2.82. The first kappa shape index (κ1) is 21.0. The number of methoxy groups -OCH3 is 1. The van der Waals surface area contributed by atoms with Crippen molar-refractivity contribution in [3.05, 3.63) is 35.4 Å². The summed E-state index contributed by atoms with van der Waals surface area (Å²) in [5, 5.41) is 14.1. The van der Waals surface area contributed by atoms with Crippen LogP contribution in [0, 0.1) is 11.3 Å². The van der Waals surface area contributed by atoms with Crippen LogP contribution in [0.15, 0.2) is 29.8 Å². The Balaban J connectivity index is 1.93. The van der Waals surface area contributed by atoms with E-state index in [0.29, 0.717) is 11.3 Å². The zero-order valence-corrected chi connectivity index (χ0v) is 15.9. The first-order valence-electron chi connectivity index (χ1n) is 9.01. The standard InChI is InChI=1S/C20H23N3O5/c1-13(18(24)23-20(26)22-16-7-3-4-8-16)28-19(25)15(12-21)10-14-6-5-9-17(11-14)27-2/h5-6,9-11,13,16H,3-4,7-8H2,1-2H3,(H2,22,23,24,26)/b15-10+/t13-/m0/s1. The van der Waals surface area contributed by atoms with Crippen LogP contribution in [0.4, 0.5) is 4.79 Å². The van der Waals surface area contributed by atoms with Gasteiger partial charge in [0.2, 0.25) is 0 Å². The van der Waals surface area contributed by atoms with E-state index in [4.69, 9.17) is 9.47 Å². The molecular formula is C20H23N3O5. The van der Waals surface area contributed by atoms with E-state index in [1.54, 1.807) is 30.3 Å². The van der Waals surface area contributed by atoms with Gasteiger partial charge in [0.15, 0.2) is 6.10 Å². The van der Waals surface area contributed by atoms with Gasteiger partial charge < -0.3 is 14.8 Å². The van der Waals surface area contributed by atoms with Crippen molar-refractivity contribution in [3.63, 3.8) is 0 Å². The Labute approximate surface area is 163 Å². The third-order valence-corrected chi connectivity index (χ3v) is 4.33. The molecule has 0 aliphatic heterocycles. The predicted octanol–water partition coefficient (Wildman–Crippen LogP) is 2.30. The fraction of sp³-hybridized carbons (Fsp3) is 0.400. The molecular weight excluding hydrogens is 362 g/mol. The lowest BCUT2D eigenvalue weighted by molar-refractivity contribution is -0.150. The van der Waals surface area contributed by atoms with Crippen LogP contribution in [0.5, 0.6) is 5.75 Å². The molecule has 1 atom stereocenters. The molecule has 1 fully saturated rings. The number of nitriles is 1. The highest BCUT2D eigenvalue weighted by molar-refractivity contribution is 6.01. The SMILES string of the molecule is COc1cccc(/C=C(\C#N)C(=O)O[C@@H](C)C(=O)NC(=O)NC2CCCC2)c1. The zero-order valence-electron chi connectivity index (χ0n) is 15.9. The number of imide groups is 1. The molecule has 2 rings (SSSR count). The largest absolute Gasteiger partial charge is 0.497 e. The first-order chi connectivity index (χ1) is 13.4. The lowest BCUT2D eigenvalue weighted by Gasteiger charge is -2.15. The van der Waals surface area contributed by atoms with Crippen molar-refractivity contribution in [3.8, 4) is 11.8 Å². The van der Waals surface area contributed by atoms with Crippen molar-refractivity contribution in [2.75, 3.05) is 7.11 Å². The normalized spacial score (nSPS) is 15.2. The van der Waals surface area contributed by atoms with Crippen LogP contribution < -0.4 is 15.4 Å². The van der Waals surface area contributed by atoms with E-state index in [1.165, 1.54) is 20.1 Å². The molecule has 3 amide bonds. The Morgan fingerprint density at radius 3 is 2.64 bits per heavy atom. The van der Waals surface area contributed by atoms with Gasteiger partial charge in [-0.15, -0.1) is 0 Å². The summed E-state index contributed by atoms with van der Waals surface area (Å²) in [6.07, 6.45) is 3.96. The third-order valence-electron chi connectivity index (χ3n) is 4.33. The van der Waals surface area contributed by atoms with Crippen LogP contribution in [-0.2, 0) is 14.3 Å². The molecule has 0 radical (unpaired) electrons. The van der Waals surface area contributed by atoms with Crippen LogP contribution in [0.3, 0.4) is 0 Å². The van der Waals surface area contributed by atoms with Gasteiger partial charge in [0.25, 0.3) is 5.91 Å². The summed E-state index contributed by atoms with van der Waals surface area (Å²) in [6.45, 7) is 1.33. The number of hydrogen-bond donors (Lipinski definition) is 2. The fourth-order valence-corrected chi connectivity index (χ4v) is 2.82. The van der Waals surface area contributed by atoms with Crippen molar-refractivity contribution < 1.29 is 23.9 Å². The van der Waals surface area contributed by atoms with E-state index in [9.17, 15) is 19.6 Å². The van der Waals surface area contributed by atoms with E-state index in [2.05, 4.69) is 10.6 Å². The van der Waals surface area contributed by atoms with Gasteiger partial charge in [-0.1, -0.05) is 25.0 Å². The Bertz CT molecular complexity index is 806. The second-order valence-electron chi connectivity index (χ2n) is 6.44. The molecule has 28 heavy (non-hydrogen) atoms. The van der Waals surface area contributed by atoms with Gasteiger partial charge in [0.1, 0.15) is 17.4 Å². The summed E-state index contributed by atoms with van der Waals surface area (Å²) in [7, 11) is 1.51.